The average Bonchev–Trinajstić information content (AvgIpc) is 3.41. The van der Waals surface area contributed by atoms with Gasteiger partial charge in [0.15, 0.2) is 0 Å². The molecular weight excluding hydrogens is 737 g/mol. The van der Waals surface area contributed by atoms with E-state index in [-0.39, 0.29) is 39.8 Å². The van der Waals surface area contributed by atoms with Crippen molar-refractivity contribution in [2.45, 2.75) is 230 Å². The lowest BCUT2D eigenvalue weighted by Crippen LogP contribution is -2.45. The SMILES string of the molecule is CC(C)(C)COC1C#CCCCCC1.CC(C)(C)COC1CC#CCCCC1.CC(C)(C)COC1CCC#CCCC1.CC(C)(C)N1C(=O)C=CC1=O.CC(C)(C)ON. The Morgan fingerprint density at radius 2 is 0.983 bits per heavy atom. The molecule has 59 heavy (non-hydrogen) atoms. The molecule has 4 rings (SSSR count). The van der Waals surface area contributed by atoms with Gasteiger partial charge in [0.25, 0.3) is 11.8 Å². The second-order valence-electron chi connectivity index (χ2n) is 21.6. The molecule has 0 saturated heterocycles. The summed E-state index contributed by atoms with van der Waals surface area (Å²) in [4.78, 5) is 27.8. The van der Waals surface area contributed by atoms with Crippen LogP contribution in [0.2, 0.25) is 0 Å². The first-order valence-corrected chi connectivity index (χ1v) is 22.4. The van der Waals surface area contributed by atoms with Crippen molar-refractivity contribution in [2.75, 3.05) is 19.8 Å². The molecule has 0 aromatic carbocycles. The van der Waals surface area contributed by atoms with Gasteiger partial charge in [-0.15, -0.1) is 29.6 Å². The minimum absolute atomic E-state index is 0.181. The number of imide groups is 1. The Labute approximate surface area is 363 Å². The van der Waals surface area contributed by atoms with Crippen LogP contribution in [0.1, 0.15) is 200 Å². The molecular formula is C51H88N2O6. The second-order valence-corrected chi connectivity index (χ2v) is 21.6. The van der Waals surface area contributed by atoms with E-state index in [1.165, 1.54) is 68.4 Å². The zero-order chi connectivity index (χ0) is 45.2. The predicted octanol–water partition coefficient (Wildman–Crippen LogP) is 11.5. The van der Waals surface area contributed by atoms with Gasteiger partial charge in [-0.05, 0) is 116 Å². The Hall–Kier alpha value is -2.64. The summed E-state index contributed by atoms with van der Waals surface area (Å²) in [5, 5.41) is 0. The molecule has 0 bridgehead atoms. The smallest absolute Gasteiger partial charge is 0.254 e. The van der Waals surface area contributed by atoms with Crippen LogP contribution in [0.15, 0.2) is 12.2 Å². The molecule has 0 saturated carbocycles. The number of carbonyl (C=O) groups excluding carboxylic acids is 2. The summed E-state index contributed by atoms with van der Waals surface area (Å²) in [6.45, 7) is 33.6. The second kappa shape index (κ2) is 28.8. The van der Waals surface area contributed by atoms with E-state index in [4.69, 9.17) is 20.1 Å². The Kier molecular flexibility index (Phi) is 27.5. The van der Waals surface area contributed by atoms with E-state index in [0.29, 0.717) is 12.2 Å². The Bertz CT molecular complexity index is 1380. The number of hydrogen-bond acceptors (Lipinski definition) is 7. The first-order chi connectivity index (χ1) is 27.2. The molecule has 0 aromatic rings. The molecule has 0 radical (unpaired) electrons. The summed E-state index contributed by atoms with van der Waals surface area (Å²) in [5.74, 6) is 23.5. The van der Waals surface area contributed by atoms with Crippen LogP contribution >= 0.6 is 0 Å². The van der Waals surface area contributed by atoms with E-state index in [0.717, 1.165) is 64.8 Å². The minimum atomic E-state index is -0.405. The van der Waals surface area contributed by atoms with Crippen molar-refractivity contribution in [1.82, 2.24) is 4.90 Å². The molecule has 8 nitrogen and oxygen atoms in total. The molecule has 8 heteroatoms. The lowest BCUT2D eigenvalue weighted by atomic mass is 9.98. The first kappa shape index (κ1) is 56.4. The molecule has 338 valence electrons. The van der Waals surface area contributed by atoms with Gasteiger partial charge in [0.2, 0.25) is 0 Å². The van der Waals surface area contributed by atoms with Crippen LogP contribution < -0.4 is 5.90 Å². The number of carbonyl (C=O) groups is 2. The normalized spacial score (nSPS) is 21.2. The van der Waals surface area contributed by atoms with Crippen molar-refractivity contribution >= 4 is 11.8 Å². The van der Waals surface area contributed by atoms with E-state index in [1.807, 2.05) is 41.5 Å². The Morgan fingerprint density at radius 1 is 0.542 bits per heavy atom. The topological polar surface area (TPSA) is 100 Å². The Balaban J connectivity index is 0.000000729. The molecule has 2 amide bonds. The lowest BCUT2D eigenvalue weighted by molar-refractivity contribution is -0.142. The number of amides is 2. The molecule has 0 fully saturated rings. The van der Waals surface area contributed by atoms with Gasteiger partial charge in [-0.25, -0.2) is 5.90 Å². The fourth-order valence-corrected chi connectivity index (χ4v) is 5.49. The van der Waals surface area contributed by atoms with Crippen molar-refractivity contribution < 1.29 is 28.6 Å². The van der Waals surface area contributed by atoms with Crippen LogP contribution in [0.3, 0.4) is 0 Å². The minimum Gasteiger partial charge on any atom is -0.378 e. The summed E-state index contributed by atoms with van der Waals surface area (Å²) >= 11 is 0. The number of hydrogen-bond donors (Lipinski definition) is 1. The third kappa shape index (κ3) is 34.7. The molecule has 2 N–H and O–H groups in total. The maximum Gasteiger partial charge on any atom is 0.254 e. The van der Waals surface area contributed by atoms with Crippen LogP contribution in [0, 0.1) is 51.8 Å². The van der Waals surface area contributed by atoms with Gasteiger partial charge in [-0.3, -0.25) is 19.3 Å². The molecule has 1 heterocycles. The third-order valence-electron chi connectivity index (χ3n) is 8.66. The van der Waals surface area contributed by atoms with Crippen LogP contribution in [-0.2, 0) is 28.6 Å². The lowest BCUT2D eigenvalue weighted by Gasteiger charge is -2.29. The zero-order valence-corrected chi connectivity index (χ0v) is 40.6. The maximum atomic E-state index is 11.0. The summed E-state index contributed by atoms with van der Waals surface area (Å²) < 4.78 is 17.6. The van der Waals surface area contributed by atoms with E-state index >= 15 is 0 Å². The number of ether oxygens (including phenoxy) is 3. The van der Waals surface area contributed by atoms with E-state index in [9.17, 15) is 9.59 Å². The van der Waals surface area contributed by atoms with Crippen molar-refractivity contribution in [3.05, 3.63) is 12.2 Å². The fraction of sp³-hybridized carbons (Fsp3) is 0.804. The highest BCUT2D eigenvalue weighted by Gasteiger charge is 2.33. The summed E-state index contributed by atoms with van der Waals surface area (Å²) in [7, 11) is 0. The standard InChI is InChI=1S/3C13H22O.C8H11NO2.C4H11NO/c3*1-13(2,3)11-14-12-9-7-5-4-6-8-10-12;1-8(2,3)9-6(10)4-5-7(9)11;1-4(2,3)6-5/h12H,5,7-11H2,1-3H3;12H,4-5,7,9-11H2,1-3H3;12H,4-7,9,11H2,1-3H3;4-5H,1-3H3;5H2,1-3H3. The van der Waals surface area contributed by atoms with Crippen molar-refractivity contribution in [3.63, 3.8) is 0 Å². The monoisotopic (exact) mass is 825 g/mol. The van der Waals surface area contributed by atoms with E-state index in [2.05, 4.69) is 103 Å². The predicted molar refractivity (Wildman–Crippen MR) is 246 cm³/mol. The van der Waals surface area contributed by atoms with Gasteiger partial charge in [-0.1, -0.05) is 74.7 Å². The molecule has 4 aliphatic rings. The third-order valence-corrected chi connectivity index (χ3v) is 8.66. The van der Waals surface area contributed by atoms with Gasteiger partial charge in [0.05, 0.1) is 37.6 Å². The zero-order valence-electron chi connectivity index (χ0n) is 40.6. The number of nitrogens with zero attached hydrogens (tertiary/aromatic N) is 1. The summed E-state index contributed by atoms with van der Waals surface area (Å²) in [5.41, 5.74) is 0.228. The van der Waals surface area contributed by atoms with Crippen LogP contribution in [0.5, 0.6) is 0 Å². The van der Waals surface area contributed by atoms with Gasteiger partial charge >= 0.3 is 0 Å². The highest BCUT2D eigenvalue weighted by Crippen LogP contribution is 2.21. The largest absolute Gasteiger partial charge is 0.378 e. The number of rotatable bonds is 6. The maximum absolute atomic E-state index is 11.0. The highest BCUT2D eigenvalue weighted by atomic mass is 16.6. The van der Waals surface area contributed by atoms with Gasteiger partial charge < -0.3 is 14.2 Å². The van der Waals surface area contributed by atoms with E-state index < -0.39 is 5.54 Å². The van der Waals surface area contributed by atoms with Crippen LogP contribution in [-0.4, -0.2) is 66.0 Å². The average molecular weight is 825 g/mol. The molecule has 3 unspecified atom stereocenters. The number of nitrogens with two attached hydrogens (primary N) is 1. The van der Waals surface area contributed by atoms with Gasteiger partial charge in [-0.2, -0.15) is 0 Å². The van der Waals surface area contributed by atoms with Crippen LogP contribution in [0.4, 0.5) is 0 Å². The summed E-state index contributed by atoms with van der Waals surface area (Å²) in [6, 6.07) is 0. The van der Waals surface area contributed by atoms with Gasteiger partial charge in [0, 0.05) is 49.8 Å². The fourth-order valence-electron chi connectivity index (χ4n) is 5.49. The highest BCUT2D eigenvalue weighted by molar-refractivity contribution is 6.13. The molecule has 0 aromatic heterocycles. The van der Waals surface area contributed by atoms with Crippen molar-refractivity contribution in [1.29, 1.82) is 0 Å². The molecule has 3 aliphatic carbocycles. The Morgan fingerprint density at radius 3 is 1.51 bits per heavy atom. The first-order valence-electron chi connectivity index (χ1n) is 22.4. The summed E-state index contributed by atoms with van der Waals surface area (Å²) in [6.07, 6.45) is 20.9. The molecule has 1 aliphatic heterocycles. The van der Waals surface area contributed by atoms with Crippen molar-refractivity contribution in [2.24, 2.45) is 22.1 Å². The van der Waals surface area contributed by atoms with E-state index in [1.54, 1.807) is 0 Å². The molecule has 0 spiro atoms. The van der Waals surface area contributed by atoms with Crippen LogP contribution in [0.25, 0.3) is 0 Å². The quantitative estimate of drug-likeness (QED) is 0.162. The van der Waals surface area contributed by atoms with Crippen molar-refractivity contribution in [3.8, 4) is 35.5 Å². The van der Waals surface area contributed by atoms with Gasteiger partial charge in [0.1, 0.15) is 6.10 Å². The molecule has 3 atom stereocenters.